The van der Waals surface area contributed by atoms with Crippen molar-refractivity contribution in [3.8, 4) is 0 Å². The number of aliphatic hydroxyl groups is 1. The van der Waals surface area contributed by atoms with Gasteiger partial charge in [0.2, 0.25) is 0 Å². The molecule has 1 aromatic carbocycles. The van der Waals surface area contributed by atoms with E-state index in [-0.39, 0.29) is 6.04 Å². The lowest BCUT2D eigenvalue weighted by Crippen LogP contribution is -2.31. The lowest BCUT2D eigenvalue weighted by Gasteiger charge is -2.20. The second-order valence-corrected chi connectivity index (χ2v) is 4.81. The van der Waals surface area contributed by atoms with Crippen LogP contribution >= 0.6 is 0 Å². The van der Waals surface area contributed by atoms with Crippen molar-refractivity contribution in [2.45, 2.75) is 25.6 Å². The number of halogens is 2. The standard InChI is InChI=1S/C14H17F2N3O/c1-9(17-6-10-7-18-19(2)8-10)14(20)11-3-4-12(15)13(16)5-11/h3-5,7-9,14,17,20H,6H2,1-2H3/t9-,14+/m0/s1. The van der Waals surface area contributed by atoms with E-state index in [1.165, 1.54) is 6.07 Å². The topological polar surface area (TPSA) is 50.1 Å². The largest absolute Gasteiger partial charge is 0.387 e. The maximum Gasteiger partial charge on any atom is 0.159 e. The average molecular weight is 281 g/mol. The number of aryl methyl sites for hydroxylation is 1. The number of benzene rings is 1. The third-order valence-corrected chi connectivity index (χ3v) is 3.15. The zero-order chi connectivity index (χ0) is 14.7. The third-order valence-electron chi connectivity index (χ3n) is 3.15. The Kier molecular flexibility index (Phi) is 4.46. The van der Waals surface area contributed by atoms with Crippen LogP contribution in [0.4, 0.5) is 8.78 Å². The molecule has 0 saturated heterocycles. The number of rotatable bonds is 5. The van der Waals surface area contributed by atoms with Gasteiger partial charge in [-0.05, 0) is 24.6 Å². The van der Waals surface area contributed by atoms with Crippen LogP contribution < -0.4 is 5.32 Å². The fourth-order valence-electron chi connectivity index (χ4n) is 1.94. The molecule has 4 nitrogen and oxygen atoms in total. The summed E-state index contributed by atoms with van der Waals surface area (Å²) in [5.41, 5.74) is 1.33. The lowest BCUT2D eigenvalue weighted by atomic mass is 10.0. The number of nitrogens with one attached hydrogen (secondary N) is 1. The maximum absolute atomic E-state index is 13.1. The molecular formula is C14H17F2N3O. The van der Waals surface area contributed by atoms with Gasteiger partial charge < -0.3 is 10.4 Å². The van der Waals surface area contributed by atoms with Gasteiger partial charge in [-0.3, -0.25) is 4.68 Å². The van der Waals surface area contributed by atoms with E-state index in [4.69, 9.17) is 0 Å². The lowest BCUT2D eigenvalue weighted by molar-refractivity contribution is 0.135. The minimum Gasteiger partial charge on any atom is -0.387 e. The summed E-state index contributed by atoms with van der Waals surface area (Å²) in [6, 6.07) is 3.11. The Morgan fingerprint density at radius 3 is 2.70 bits per heavy atom. The van der Waals surface area contributed by atoms with Crippen molar-refractivity contribution >= 4 is 0 Å². The SMILES string of the molecule is C[C@H](NCc1cnn(C)c1)[C@@H](O)c1ccc(F)c(F)c1. The van der Waals surface area contributed by atoms with Gasteiger partial charge >= 0.3 is 0 Å². The first-order valence-corrected chi connectivity index (χ1v) is 6.31. The fourth-order valence-corrected chi connectivity index (χ4v) is 1.94. The summed E-state index contributed by atoms with van der Waals surface area (Å²) in [5, 5.41) is 17.3. The van der Waals surface area contributed by atoms with Gasteiger partial charge in [0.1, 0.15) is 0 Å². The molecule has 20 heavy (non-hydrogen) atoms. The molecule has 2 atom stereocenters. The first kappa shape index (κ1) is 14.6. The smallest absolute Gasteiger partial charge is 0.159 e. The molecule has 0 amide bonds. The summed E-state index contributed by atoms with van der Waals surface area (Å²) < 4.78 is 27.7. The Hall–Kier alpha value is -1.79. The third kappa shape index (κ3) is 3.40. The highest BCUT2D eigenvalue weighted by Crippen LogP contribution is 2.19. The zero-order valence-corrected chi connectivity index (χ0v) is 11.3. The van der Waals surface area contributed by atoms with Crippen LogP contribution in [0.5, 0.6) is 0 Å². The molecule has 0 aliphatic heterocycles. The number of aliphatic hydroxyl groups excluding tert-OH is 1. The van der Waals surface area contributed by atoms with E-state index in [2.05, 4.69) is 10.4 Å². The van der Waals surface area contributed by atoms with Crippen LogP contribution in [0.25, 0.3) is 0 Å². The van der Waals surface area contributed by atoms with Crippen molar-refractivity contribution in [3.05, 3.63) is 53.4 Å². The van der Waals surface area contributed by atoms with Crippen molar-refractivity contribution in [1.29, 1.82) is 0 Å². The van der Waals surface area contributed by atoms with Gasteiger partial charge in [0.25, 0.3) is 0 Å². The molecular weight excluding hydrogens is 264 g/mol. The molecule has 1 heterocycles. The van der Waals surface area contributed by atoms with Crippen LogP contribution in [-0.4, -0.2) is 20.9 Å². The number of nitrogens with zero attached hydrogens (tertiary/aromatic N) is 2. The zero-order valence-electron chi connectivity index (χ0n) is 11.3. The van der Waals surface area contributed by atoms with Crippen LogP contribution in [0.1, 0.15) is 24.2 Å². The first-order valence-electron chi connectivity index (χ1n) is 6.31. The molecule has 1 aromatic heterocycles. The van der Waals surface area contributed by atoms with Crippen LogP contribution in [0.2, 0.25) is 0 Å². The minimum absolute atomic E-state index is 0.305. The van der Waals surface area contributed by atoms with Gasteiger partial charge in [0, 0.05) is 31.4 Å². The van der Waals surface area contributed by atoms with Crippen molar-refractivity contribution in [2.75, 3.05) is 0 Å². The number of hydrogen-bond acceptors (Lipinski definition) is 3. The molecule has 0 bridgehead atoms. The van der Waals surface area contributed by atoms with E-state index in [1.54, 1.807) is 17.8 Å². The van der Waals surface area contributed by atoms with E-state index in [9.17, 15) is 13.9 Å². The molecule has 0 spiro atoms. The molecule has 2 rings (SSSR count). The van der Waals surface area contributed by atoms with E-state index < -0.39 is 17.7 Å². The monoisotopic (exact) mass is 281 g/mol. The second kappa shape index (κ2) is 6.11. The molecule has 2 N–H and O–H groups in total. The predicted molar refractivity (Wildman–Crippen MR) is 70.8 cm³/mol. The van der Waals surface area contributed by atoms with Crippen LogP contribution in [0, 0.1) is 11.6 Å². The Morgan fingerprint density at radius 2 is 2.10 bits per heavy atom. The molecule has 0 radical (unpaired) electrons. The quantitative estimate of drug-likeness (QED) is 0.880. The maximum atomic E-state index is 13.1. The van der Waals surface area contributed by atoms with Gasteiger partial charge in [-0.2, -0.15) is 5.10 Å². The van der Waals surface area contributed by atoms with Gasteiger partial charge in [0.15, 0.2) is 11.6 Å². The minimum atomic E-state index is -0.957. The van der Waals surface area contributed by atoms with Crippen molar-refractivity contribution in [3.63, 3.8) is 0 Å². The van der Waals surface area contributed by atoms with Crippen molar-refractivity contribution in [2.24, 2.45) is 7.05 Å². The Bertz CT molecular complexity index is 586. The van der Waals surface area contributed by atoms with Gasteiger partial charge in [-0.15, -0.1) is 0 Å². The first-order chi connectivity index (χ1) is 9.47. The van der Waals surface area contributed by atoms with E-state index in [0.717, 1.165) is 17.7 Å². The highest BCUT2D eigenvalue weighted by Gasteiger charge is 2.17. The Balaban J connectivity index is 1.97. The fraction of sp³-hybridized carbons (Fsp3) is 0.357. The molecule has 0 aliphatic rings. The van der Waals surface area contributed by atoms with E-state index >= 15 is 0 Å². The molecule has 2 aromatic rings. The summed E-state index contributed by atoms with van der Waals surface area (Å²) in [5.74, 6) is -1.88. The summed E-state index contributed by atoms with van der Waals surface area (Å²) >= 11 is 0. The Morgan fingerprint density at radius 1 is 1.35 bits per heavy atom. The number of hydrogen-bond donors (Lipinski definition) is 2. The molecule has 6 heteroatoms. The van der Waals surface area contributed by atoms with E-state index in [0.29, 0.717) is 12.1 Å². The molecule has 108 valence electrons. The van der Waals surface area contributed by atoms with Crippen molar-refractivity contribution < 1.29 is 13.9 Å². The molecule has 0 saturated carbocycles. The van der Waals surface area contributed by atoms with E-state index in [1.807, 2.05) is 13.2 Å². The Labute approximate surface area is 116 Å². The normalized spacial score (nSPS) is 14.2. The summed E-state index contributed by atoms with van der Waals surface area (Å²) in [7, 11) is 1.82. The summed E-state index contributed by atoms with van der Waals surface area (Å²) in [6.45, 7) is 2.32. The van der Waals surface area contributed by atoms with Gasteiger partial charge in [-0.1, -0.05) is 6.07 Å². The molecule has 0 unspecified atom stereocenters. The van der Waals surface area contributed by atoms with Gasteiger partial charge in [0.05, 0.1) is 12.3 Å². The second-order valence-electron chi connectivity index (χ2n) is 4.81. The predicted octanol–water partition coefficient (Wildman–Crippen LogP) is 1.91. The van der Waals surface area contributed by atoms with Crippen LogP contribution in [0.3, 0.4) is 0 Å². The highest BCUT2D eigenvalue weighted by molar-refractivity contribution is 5.21. The van der Waals surface area contributed by atoms with Gasteiger partial charge in [-0.25, -0.2) is 8.78 Å². The highest BCUT2D eigenvalue weighted by atomic mass is 19.2. The van der Waals surface area contributed by atoms with Crippen LogP contribution in [0.15, 0.2) is 30.6 Å². The molecule has 0 fully saturated rings. The number of aromatic nitrogens is 2. The average Bonchev–Trinajstić information content (AvgIpc) is 2.84. The molecule has 0 aliphatic carbocycles. The van der Waals surface area contributed by atoms with Crippen LogP contribution in [-0.2, 0) is 13.6 Å². The van der Waals surface area contributed by atoms with Crippen molar-refractivity contribution in [1.82, 2.24) is 15.1 Å². The summed E-state index contributed by atoms with van der Waals surface area (Å²) in [4.78, 5) is 0. The summed E-state index contributed by atoms with van der Waals surface area (Å²) in [6.07, 6.45) is 2.68.